The summed E-state index contributed by atoms with van der Waals surface area (Å²) in [5.41, 5.74) is 6.93. The normalized spacial score (nSPS) is 16.6. The maximum Gasteiger partial charge on any atom is 0.238 e. The van der Waals surface area contributed by atoms with Crippen molar-refractivity contribution >= 4 is 21.4 Å². The lowest BCUT2D eigenvalue weighted by Gasteiger charge is -2.36. The lowest BCUT2D eigenvalue weighted by molar-refractivity contribution is 0.401. The maximum absolute atomic E-state index is 11.3. The Balaban J connectivity index is 2.37. The summed E-state index contributed by atoms with van der Waals surface area (Å²) in [6.07, 6.45) is 3.49. The summed E-state index contributed by atoms with van der Waals surface area (Å²) in [5.74, 6) is 0. The predicted octanol–water partition coefficient (Wildman–Crippen LogP) is 0.905. The zero-order chi connectivity index (χ0) is 12.6. The van der Waals surface area contributed by atoms with Gasteiger partial charge in [0.2, 0.25) is 10.0 Å². The van der Waals surface area contributed by atoms with Gasteiger partial charge in [0.1, 0.15) is 0 Å². The van der Waals surface area contributed by atoms with Crippen LogP contribution < -0.4 is 15.8 Å². The molecule has 0 saturated heterocycles. The van der Waals surface area contributed by atoms with E-state index in [1.165, 1.54) is 12.5 Å². The molecule has 1 aromatic rings. The molecule has 1 aliphatic rings. The average Bonchev–Trinajstić information content (AvgIpc) is 2.12. The number of rotatable bonds is 3. The van der Waals surface area contributed by atoms with E-state index in [0.717, 1.165) is 18.5 Å². The highest BCUT2D eigenvalue weighted by Gasteiger charge is 2.23. The van der Waals surface area contributed by atoms with E-state index in [1.807, 2.05) is 7.05 Å². The quantitative estimate of drug-likeness (QED) is 0.785. The van der Waals surface area contributed by atoms with E-state index in [2.05, 4.69) is 4.90 Å². The van der Waals surface area contributed by atoms with Crippen LogP contribution in [0.15, 0.2) is 23.1 Å². The fourth-order valence-electron chi connectivity index (χ4n) is 1.96. The zero-order valence-corrected chi connectivity index (χ0v) is 10.6. The van der Waals surface area contributed by atoms with Crippen molar-refractivity contribution in [2.45, 2.75) is 30.2 Å². The lowest BCUT2D eigenvalue weighted by Crippen LogP contribution is -2.37. The second-order valence-electron chi connectivity index (χ2n) is 4.50. The third kappa shape index (κ3) is 2.53. The molecular formula is C11H17N3O2S. The number of hydrogen-bond donors (Lipinski definition) is 2. The van der Waals surface area contributed by atoms with Crippen LogP contribution in [0.2, 0.25) is 0 Å². The number of sulfonamides is 1. The first-order valence-corrected chi connectivity index (χ1v) is 7.09. The molecule has 0 amide bonds. The fourth-order valence-corrected chi connectivity index (χ4v) is 2.54. The van der Waals surface area contributed by atoms with Gasteiger partial charge in [0.25, 0.3) is 0 Å². The fraction of sp³-hybridized carbons (Fsp3) is 0.455. The Hall–Kier alpha value is -1.27. The highest BCUT2D eigenvalue weighted by Crippen LogP contribution is 2.30. The van der Waals surface area contributed by atoms with E-state index in [0.29, 0.717) is 11.7 Å². The van der Waals surface area contributed by atoms with Crippen LogP contribution in [0.1, 0.15) is 19.3 Å². The van der Waals surface area contributed by atoms with E-state index in [4.69, 9.17) is 10.9 Å². The van der Waals surface area contributed by atoms with Crippen LogP contribution in [0.5, 0.6) is 0 Å². The monoisotopic (exact) mass is 255 g/mol. The molecular weight excluding hydrogens is 238 g/mol. The third-order valence-electron chi connectivity index (χ3n) is 3.27. The number of nitrogens with zero attached hydrogens (tertiary/aromatic N) is 1. The van der Waals surface area contributed by atoms with Crippen LogP contribution in [0.4, 0.5) is 11.4 Å². The molecule has 0 unspecified atom stereocenters. The van der Waals surface area contributed by atoms with Crippen LogP contribution in [0.3, 0.4) is 0 Å². The first kappa shape index (κ1) is 12.2. The summed E-state index contributed by atoms with van der Waals surface area (Å²) in [4.78, 5) is 2.13. The molecule has 0 radical (unpaired) electrons. The van der Waals surface area contributed by atoms with Crippen molar-refractivity contribution in [1.82, 2.24) is 0 Å². The number of anilines is 2. The standard InChI is InChI=1S/C11H17N3O2S/c1-14(9-3-2-4-9)10-5-8(12)6-11(7-10)17(13,15)16/h5-7,9H,2-4,12H2,1H3,(H2,13,15,16). The molecule has 6 heteroatoms. The molecule has 94 valence electrons. The number of nitrogens with two attached hydrogens (primary N) is 2. The molecule has 1 aromatic carbocycles. The molecule has 2 rings (SSSR count). The van der Waals surface area contributed by atoms with Crippen molar-refractivity contribution in [3.63, 3.8) is 0 Å². The van der Waals surface area contributed by atoms with E-state index < -0.39 is 10.0 Å². The molecule has 0 spiro atoms. The first-order chi connectivity index (χ1) is 7.88. The minimum atomic E-state index is -3.70. The molecule has 1 saturated carbocycles. The Morgan fingerprint density at radius 2 is 1.94 bits per heavy atom. The van der Waals surface area contributed by atoms with Crippen molar-refractivity contribution in [1.29, 1.82) is 0 Å². The van der Waals surface area contributed by atoms with Crippen LogP contribution in [-0.2, 0) is 10.0 Å². The largest absolute Gasteiger partial charge is 0.399 e. The Kier molecular flexibility index (Phi) is 3.01. The molecule has 4 N–H and O–H groups in total. The average molecular weight is 255 g/mol. The summed E-state index contributed by atoms with van der Waals surface area (Å²) in [5, 5.41) is 5.12. The Morgan fingerprint density at radius 1 is 1.29 bits per heavy atom. The van der Waals surface area contributed by atoms with Gasteiger partial charge in [-0.2, -0.15) is 0 Å². The zero-order valence-electron chi connectivity index (χ0n) is 9.76. The molecule has 0 atom stereocenters. The van der Waals surface area contributed by atoms with Crippen molar-refractivity contribution < 1.29 is 8.42 Å². The van der Waals surface area contributed by atoms with Gasteiger partial charge in [0, 0.05) is 24.5 Å². The smallest absolute Gasteiger partial charge is 0.238 e. The van der Waals surface area contributed by atoms with Crippen LogP contribution in [0.25, 0.3) is 0 Å². The number of primary sulfonamides is 1. The molecule has 0 bridgehead atoms. The molecule has 5 nitrogen and oxygen atoms in total. The predicted molar refractivity (Wildman–Crippen MR) is 68.3 cm³/mol. The van der Waals surface area contributed by atoms with Gasteiger partial charge in [0.15, 0.2) is 0 Å². The minimum Gasteiger partial charge on any atom is -0.399 e. The third-order valence-corrected chi connectivity index (χ3v) is 4.16. The van der Waals surface area contributed by atoms with Gasteiger partial charge in [-0.3, -0.25) is 0 Å². The van der Waals surface area contributed by atoms with Crippen LogP contribution >= 0.6 is 0 Å². The minimum absolute atomic E-state index is 0.0682. The van der Waals surface area contributed by atoms with Crippen molar-refractivity contribution in [3.05, 3.63) is 18.2 Å². The topological polar surface area (TPSA) is 89.4 Å². The van der Waals surface area contributed by atoms with Gasteiger partial charge in [-0.05, 0) is 37.5 Å². The van der Waals surface area contributed by atoms with E-state index in [9.17, 15) is 8.42 Å². The van der Waals surface area contributed by atoms with Crippen molar-refractivity contribution in [2.75, 3.05) is 17.7 Å². The van der Waals surface area contributed by atoms with Crippen LogP contribution in [0, 0.1) is 0 Å². The highest BCUT2D eigenvalue weighted by molar-refractivity contribution is 7.89. The highest BCUT2D eigenvalue weighted by atomic mass is 32.2. The summed E-state index contributed by atoms with van der Waals surface area (Å²) < 4.78 is 22.6. The molecule has 17 heavy (non-hydrogen) atoms. The van der Waals surface area contributed by atoms with E-state index in [-0.39, 0.29) is 4.90 Å². The Labute approximate surface area is 101 Å². The second-order valence-corrected chi connectivity index (χ2v) is 6.06. The SMILES string of the molecule is CN(c1cc(N)cc(S(N)(=O)=O)c1)C1CCC1. The summed E-state index contributed by atoms with van der Waals surface area (Å²) in [6, 6.07) is 5.20. The molecule has 0 aromatic heterocycles. The molecule has 0 aliphatic heterocycles. The van der Waals surface area contributed by atoms with Gasteiger partial charge in [-0.1, -0.05) is 0 Å². The maximum atomic E-state index is 11.3. The number of benzene rings is 1. The van der Waals surface area contributed by atoms with Gasteiger partial charge in [0.05, 0.1) is 4.90 Å². The van der Waals surface area contributed by atoms with E-state index in [1.54, 1.807) is 12.1 Å². The lowest BCUT2D eigenvalue weighted by atomic mass is 9.91. The van der Waals surface area contributed by atoms with Crippen molar-refractivity contribution in [3.8, 4) is 0 Å². The van der Waals surface area contributed by atoms with Gasteiger partial charge in [-0.25, -0.2) is 13.6 Å². The number of nitrogen functional groups attached to an aromatic ring is 1. The molecule has 0 heterocycles. The van der Waals surface area contributed by atoms with Crippen LogP contribution in [-0.4, -0.2) is 21.5 Å². The van der Waals surface area contributed by atoms with Gasteiger partial charge < -0.3 is 10.6 Å². The number of hydrogen-bond acceptors (Lipinski definition) is 4. The van der Waals surface area contributed by atoms with Gasteiger partial charge in [-0.15, -0.1) is 0 Å². The van der Waals surface area contributed by atoms with Crippen molar-refractivity contribution in [2.24, 2.45) is 5.14 Å². The first-order valence-electron chi connectivity index (χ1n) is 5.54. The summed E-state index contributed by atoms with van der Waals surface area (Å²) in [6.45, 7) is 0. The summed E-state index contributed by atoms with van der Waals surface area (Å²) >= 11 is 0. The van der Waals surface area contributed by atoms with Gasteiger partial charge >= 0.3 is 0 Å². The molecule has 1 fully saturated rings. The Bertz CT molecular complexity index is 524. The summed E-state index contributed by atoms with van der Waals surface area (Å²) in [7, 11) is -1.75. The Morgan fingerprint density at radius 3 is 2.41 bits per heavy atom. The molecule has 1 aliphatic carbocycles. The van der Waals surface area contributed by atoms with E-state index >= 15 is 0 Å². The second kappa shape index (κ2) is 4.19.